The van der Waals surface area contributed by atoms with Crippen molar-refractivity contribution in [1.29, 1.82) is 0 Å². The first kappa shape index (κ1) is 15.0. The highest BCUT2D eigenvalue weighted by Gasteiger charge is 2.30. The fourth-order valence-electron chi connectivity index (χ4n) is 2.41. The molecule has 0 amide bonds. The lowest BCUT2D eigenvalue weighted by Crippen LogP contribution is -2.24. The summed E-state index contributed by atoms with van der Waals surface area (Å²) in [6, 6.07) is 7.93. The summed E-state index contributed by atoms with van der Waals surface area (Å²) in [7, 11) is 0. The Bertz CT molecular complexity index is 576. The van der Waals surface area contributed by atoms with Gasteiger partial charge in [0.1, 0.15) is 0 Å². The summed E-state index contributed by atoms with van der Waals surface area (Å²) in [5.41, 5.74) is 0.831. The van der Waals surface area contributed by atoms with Crippen molar-refractivity contribution in [3.8, 4) is 0 Å². The topological polar surface area (TPSA) is 46.5 Å². The standard InChI is InChI=1S/C16H20O3S/c1-3-7-12(16(18)19-4-2)15(17)13-10-20-14-9-6-5-8-11(13)14/h5-6,8-10,12,15,17H,3-4,7H2,1-2H3. The molecule has 1 aromatic heterocycles. The summed E-state index contributed by atoms with van der Waals surface area (Å²) in [4.78, 5) is 12.0. The minimum Gasteiger partial charge on any atom is -0.466 e. The van der Waals surface area contributed by atoms with Crippen molar-refractivity contribution in [1.82, 2.24) is 0 Å². The van der Waals surface area contributed by atoms with E-state index in [1.54, 1.807) is 18.3 Å². The summed E-state index contributed by atoms with van der Waals surface area (Å²) in [6.45, 7) is 4.13. The second-order valence-corrected chi connectivity index (χ2v) is 5.69. The van der Waals surface area contributed by atoms with Crippen LogP contribution >= 0.6 is 11.3 Å². The Hall–Kier alpha value is -1.39. The van der Waals surface area contributed by atoms with Crippen LogP contribution in [0.5, 0.6) is 0 Å². The van der Waals surface area contributed by atoms with Crippen LogP contribution in [-0.4, -0.2) is 17.7 Å². The van der Waals surface area contributed by atoms with E-state index in [1.807, 2.05) is 36.6 Å². The highest BCUT2D eigenvalue weighted by atomic mass is 32.1. The van der Waals surface area contributed by atoms with Gasteiger partial charge in [-0.15, -0.1) is 11.3 Å². The van der Waals surface area contributed by atoms with Crippen LogP contribution in [0.3, 0.4) is 0 Å². The monoisotopic (exact) mass is 292 g/mol. The van der Waals surface area contributed by atoms with E-state index in [1.165, 1.54) is 0 Å². The van der Waals surface area contributed by atoms with E-state index in [-0.39, 0.29) is 5.97 Å². The van der Waals surface area contributed by atoms with Crippen LogP contribution in [0.15, 0.2) is 29.6 Å². The van der Waals surface area contributed by atoms with E-state index in [0.29, 0.717) is 13.0 Å². The number of thiophene rings is 1. The van der Waals surface area contributed by atoms with Gasteiger partial charge in [-0.05, 0) is 35.7 Å². The summed E-state index contributed by atoms with van der Waals surface area (Å²) in [6.07, 6.45) is 0.664. The molecule has 0 aliphatic rings. The molecular formula is C16H20O3S. The quantitative estimate of drug-likeness (QED) is 0.821. The number of carbonyl (C=O) groups is 1. The smallest absolute Gasteiger partial charge is 0.311 e. The van der Waals surface area contributed by atoms with Crippen molar-refractivity contribution in [2.75, 3.05) is 6.61 Å². The molecule has 0 aliphatic carbocycles. The van der Waals surface area contributed by atoms with Gasteiger partial charge in [-0.1, -0.05) is 31.5 Å². The van der Waals surface area contributed by atoms with Crippen molar-refractivity contribution in [2.24, 2.45) is 5.92 Å². The maximum absolute atomic E-state index is 12.0. The van der Waals surface area contributed by atoms with Crippen LogP contribution in [0.4, 0.5) is 0 Å². The van der Waals surface area contributed by atoms with Crippen molar-refractivity contribution in [3.05, 3.63) is 35.2 Å². The summed E-state index contributed by atoms with van der Waals surface area (Å²) in [5, 5.41) is 13.6. The number of hydrogen-bond donors (Lipinski definition) is 1. The maximum atomic E-state index is 12.0. The van der Waals surface area contributed by atoms with Crippen LogP contribution in [0, 0.1) is 5.92 Å². The number of benzene rings is 1. The average Bonchev–Trinajstić information content (AvgIpc) is 2.88. The largest absolute Gasteiger partial charge is 0.466 e. The first-order valence-electron chi connectivity index (χ1n) is 6.99. The minimum atomic E-state index is -0.801. The molecular weight excluding hydrogens is 272 g/mol. The van der Waals surface area contributed by atoms with Crippen LogP contribution in [-0.2, 0) is 9.53 Å². The fraction of sp³-hybridized carbons (Fsp3) is 0.438. The molecule has 0 saturated carbocycles. The second kappa shape index (κ2) is 6.86. The number of fused-ring (bicyclic) bond motifs is 1. The SMILES string of the molecule is CCCC(C(=O)OCC)C(O)c1csc2ccccc12. The number of hydrogen-bond acceptors (Lipinski definition) is 4. The Kier molecular flexibility index (Phi) is 5.15. The zero-order valence-corrected chi connectivity index (χ0v) is 12.7. The van der Waals surface area contributed by atoms with Gasteiger partial charge in [0.2, 0.25) is 0 Å². The van der Waals surface area contributed by atoms with Gasteiger partial charge < -0.3 is 9.84 Å². The number of aliphatic hydroxyl groups excluding tert-OH is 1. The Morgan fingerprint density at radius 3 is 2.80 bits per heavy atom. The summed E-state index contributed by atoms with van der Waals surface area (Å²) >= 11 is 1.59. The molecule has 2 atom stereocenters. The van der Waals surface area contributed by atoms with Crippen molar-refractivity contribution >= 4 is 27.4 Å². The fourth-order valence-corrected chi connectivity index (χ4v) is 3.40. The van der Waals surface area contributed by atoms with Gasteiger partial charge in [-0.2, -0.15) is 0 Å². The van der Waals surface area contributed by atoms with Gasteiger partial charge in [0.15, 0.2) is 0 Å². The molecule has 0 aliphatic heterocycles. The molecule has 1 heterocycles. The average molecular weight is 292 g/mol. The van der Waals surface area contributed by atoms with Crippen LogP contribution in [0.25, 0.3) is 10.1 Å². The molecule has 0 spiro atoms. The second-order valence-electron chi connectivity index (χ2n) is 4.78. The number of aliphatic hydroxyl groups is 1. The first-order chi connectivity index (χ1) is 9.69. The number of ether oxygens (including phenoxy) is 1. The normalized spacial score (nSPS) is 14.2. The molecule has 0 saturated heterocycles. The maximum Gasteiger partial charge on any atom is 0.311 e. The van der Waals surface area contributed by atoms with E-state index in [9.17, 15) is 9.90 Å². The van der Waals surface area contributed by atoms with Crippen molar-refractivity contribution in [2.45, 2.75) is 32.8 Å². The van der Waals surface area contributed by atoms with Gasteiger partial charge in [0.05, 0.1) is 18.6 Å². The first-order valence-corrected chi connectivity index (χ1v) is 7.87. The Morgan fingerprint density at radius 1 is 1.35 bits per heavy atom. The molecule has 0 fully saturated rings. The van der Waals surface area contributed by atoms with Crippen LogP contribution in [0.1, 0.15) is 38.4 Å². The van der Waals surface area contributed by atoms with Crippen molar-refractivity contribution < 1.29 is 14.6 Å². The molecule has 0 bridgehead atoms. The lowest BCUT2D eigenvalue weighted by Gasteiger charge is -2.20. The zero-order chi connectivity index (χ0) is 14.5. The third-order valence-corrected chi connectivity index (χ3v) is 4.38. The molecule has 108 valence electrons. The Labute approximate surface area is 123 Å². The van der Waals surface area contributed by atoms with Gasteiger partial charge in [0.25, 0.3) is 0 Å². The van der Waals surface area contributed by atoms with Crippen LogP contribution < -0.4 is 0 Å². The molecule has 1 N–H and O–H groups in total. The van der Waals surface area contributed by atoms with Gasteiger partial charge >= 0.3 is 5.97 Å². The van der Waals surface area contributed by atoms with E-state index >= 15 is 0 Å². The molecule has 2 unspecified atom stereocenters. The molecule has 3 nitrogen and oxygen atoms in total. The van der Waals surface area contributed by atoms with Gasteiger partial charge in [0, 0.05) is 4.70 Å². The number of esters is 1. The predicted octanol–water partition coefficient (Wildman–Crippen LogP) is 3.91. The highest BCUT2D eigenvalue weighted by molar-refractivity contribution is 7.17. The van der Waals surface area contributed by atoms with E-state index in [0.717, 1.165) is 22.1 Å². The van der Waals surface area contributed by atoms with Crippen LogP contribution in [0.2, 0.25) is 0 Å². The van der Waals surface area contributed by atoms with Crippen molar-refractivity contribution in [3.63, 3.8) is 0 Å². The molecule has 2 rings (SSSR count). The Morgan fingerprint density at radius 2 is 2.10 bits per heavy atom. The zero-order valence-electron chi connectivity index (χ0n) is 11.8. The third-order valence-electron chi connectivity index (χ3n) is 3.40. The van der Waals surface area contributed by atoms with E-state index in [4.69, 9.17) is 4.74 Å². The Balaban J connectivity index is 2.31. The number of carbonyl (C=O) groups excluding carboxylic acids is 1. The van der Waals surface area contributed by atoms with Gasteiger partial charge in [-0.25, -0.2) is 0 Å². The summed E-state index contributed by atoms with van der Waals surface area (Å²) < 4.78 is 6.22. The molecule has 1 aromatic carbocycles. The molecule has 4 heteroatoms. The lowest BCUT2D eigenvalue weighted by atomic mass is 9.91. The highest BCUT2D eigenvalue weighted by Crippen LogP contribution is 2.35. The van der Waals surface area contributed by atoms with E-state index in [2.05, 4.69) is 0 Å². The lowest BCUT2D eigenvalue weighted by molar-refractivity contribution is -0.152. The number of rotatable bonds is 6. The van der Waals surface area contributed by atoms with E-state index < -0.39 is 12.0 Å². The molecule has 20 heavy (non-hydrogen) atoms. The minimum absolute atomic E-state index is 0.308. The molecule has 2 aromatic rings. The molecule has 0 radical (unpaired) electrons. The summed E-state index contributed by atoms with van der Waals surface area (Å²) in [5.74, 6) is -0.796. The van der Waals surface area contributed by atoms with Gasteiger partial charge in [-0.3, -0.25) is 4.79 Å². The third kappa shape index (κ3) is 3.02. The predicted molar refractivity (Wildman–Crippen MR) is 81.8 cm³/mol.